The second kappa shape index (κ2) is 5.88. The number of nitrogens with one attached hydrogen (secondary N) is 1. The summed E-state index contributed by atoms with van der Waals surface area (Å²) in [5.41, 5.74) is 1.08. The number of imidazole rings is 1. The quantitative estimate of drug-likeness (QED) is 0.773. The van der Waals surface area contributed by atoms with Crippen LogP contribution in [-0.2, 0) is 17.8 Å². The minimum absolute atomic E-state index is 0.221. The molecule has 1 heterocycles. The standard InChI is InChI=1S/C11H21N3O/c1-5-14-7-11(13-8-14)6-12-9(2)10(3)15-4/h7-10,12H,5-6H2,1-4H3/t9-,10?/m0/s1. The van der Waals surface area contributed by atoms with Gasteiger partial charge in [0.1, 0.15) is 0 Å². The van der Waals surface area contributed by atoms with Gasteiger partial charge in [0.25, 0.3) is 0 Å². The largest absolute Gasteiger partial charge is 0.380 e. The van der Waals surface area contributed by atoms with Gasteiger partial charge in [-0.2, -0.15) is 0 Å². The number of hydrogen-bond acceptors (Lipinski definition) is 3. The zero-order valence-corrected chi connectivity index (χ0v) is 10.0. The van der Waals surface area contributed by atoms with Crippen LogP contribution < -0.4 is 5.32 Å². The molecule has 4 heteroatoms. The molecule has 0 bridgehead atoms. The molecule has 1 rings (SSSR count). The zero-order valence-electron chi connectivity index (χ0n) is 10.0. The molecule has 0 saturated heterocycles. The van der Waals surface area contributed by atoms with Gasteiger partial charge in [-0.1, -0.05) is 0 Å². The summed E-state index contributed by atoms with van der Waals surface area (Å²) >= 11 is 0. The lowest BCUT2D eigenvalue weighted by Gasteiger charge is -2.19. The number of methoxy groups -OCH3 is 1. The van der Waals surface area contributed by atoms with Crippen molar-refractivity contribution in [2.45, 2.75) is 46.0 Å². The summed E-state index contributed by atoms with van der Waals surface area (Å²) in [6, 6.07) is 0.335. The Hall–Kier alpha value is -0.870. The summed E-state index contributed by atoms with van der Waals surface area (Å²) in [7, 11) is 1.73. The molecule has 4 nitrogen and oxygen atoms in total. The molecule has 0 aliphatic heterocycles. The van der Waals surface area contributed by atoms with Crippen molar-refractivity contribution >= 4 is 0 Å². The minimum Gasteiger partial charge on any atom is -0.380 e. The first-order valence-corrected chi connectivity index (χ1v) is 5.44. The molecule has 0 aliphatic rings. The molecule has 0 fully saturated rings. The number of nitrogens with zero attached hydrogens (tertiary/aromatic N) is 2. The highest BCUT2D eigenvalue weighted by Gasteiger charge is 2.10. The fraction of sp³-hybridized carbons (Fsp3) is 0.727. The molecule has 15 heavy (non-hydrogen) atoms. The van der Waals surface area contributed by atoms with Crippen LogP contribution in [0.25, 0.3) is 0 Å². The van der Waals surface area contributed by atoms with Gasteiger partial charge in [-0.3, -0.25) is 0 Å². The Bertz CT molecular complexity index is 285. The number of rotatable bonds is 6. The van der Waals surface area contributed by atoms with E-state index in [1.54, 1.807) is 7.11 Å². The maximum Gasteiger partial charge on any atom is 0.0949 e. The van der Waals surface area contributed by atoms with E-state index < -0.39 is 0 Å². The van der Waals surface area contributed by atoms with E-state index in [2.05, 4.69) is 41.8 Å². The lowest BCUT2D eigenvalue weighted by atomic mass is 10.2. The Morgan fingerprint density at radius 1 is 1.53 bits per heavy atom. The predicted octanol–water partition coefficient (Wildman–Crippen LogP) is 1.42. The highest BCUT2D eigenvalue weighted by Crippen LogP contribution is 2.00. The molecule has 0 saturated carbocycles. The fourth-order valence-electron chi connectivity index (χ4n) is 1.31. The molecule has 0 radical (unpaired) electrons. The van der Waals surface area contributed by atoms with Crippen molar-refractivity contribution in [3.05, 3.63) is 18.2 Å². The zero-order chi connectivity index (χ0) is 11.3. The van der Waals surface area contributed by atoms with Crippen molar-refractivity contribution in [3.8, 4) is 0 Å². The molecule has 1 aromatic rings. The van der Waals surface area contributed by atoms with E-state index in [-0.39, 0.29) is 6.10 Å². The van der Waals surface area contributed by atoms with E-state index >= 15 is 0 Å². The van der Waals surface area contributed by atoms with Crippen molar-refractivity contribution in [2.24, 2.45) is 0 Å². The van der Waals surface area contributed by atoms with E-state index in [0.29, 0.717) is 6.04 Å². The summed E-state index contributed by atoms with van der Waals surface area (Å²) < 4.78 is 7.31. The Labute approximate surface area is 91.7 Å². The van der Waals surface area contributed by atoms with Gasteiger partial charge in [0, 0.05) is 32.4 Å². The second-order valence-electron chi connectivity index (χ2n) is 3.81. The van der Waals surface area contributed by atoms with Crippen LogP contribution >= 0.6 is 0 Å². The second-order valence-corrected chi connectivity index (χ2v) is 3.81. The van der Waals surface area contributed by atoms with Crippen molar-refractivity contribution in [1.29, 1.82) is 0 Å². The molecular weight excluding hydrogens is 190 g/mol. The lowest BCUT2D eigenvalue weighted by Crippen LogP contribution is -2.36. The van der Waals surface area contributed by atoms with Crippen LogP contribution in [0.15, 0.2) is 12.5 Å². The molecule has 0 amide bonds. The summed E-state index contributed by atoms with van der Waals surface area (Å²) in [4.78, 5) is 4.30. The van der Waals surface area contributed by atoms with Gasteiger partial charge in [0.05, 0.1) is 18.1 Å². The average Bonchev–Trinajstić information content (AvgIpc) is 2.72. The Morgan fingerprint density at radius 2 is 2.27 bits per heavy atom. The molecule has 0 aliphatic carbocycles. The molecule has 1 aromatic heterocycles. The van der Waals surface area contributed by atoms with Gasteiger partial charge in [-0.25, -0.2) is 4.98 Å². The molecule has 1 N–H and O–H groups in total. The molecular formula is C11H21N3O. The molecule has 86 valence electrons. The van der Waals surface area contributed by atoms with Crippen LogP contribution in [0, 0.1) is 0 Å². The van der Waals surface area contributed by atoms with E-state index in [1.165, 1.54) is 0 Å². The van der Waals surface area contributed by atoms with E-state index in [9.17, 15) is 0 Å². The molecule has 1 unspecified atom stereocenters. The summed E-state index contributed by atoms with van der Waals surface area (Å²) in [5, 5.41) is 3.39. The predicted molar refractivity (Wildman–Crippen MR) is 60.7 cm³/mol. The monoisotopic (exact) mass is 211 g/mol. The first kappa shape index (κ1) is 12.2. The normalized spacial score (nSPS) is 15.2. The topological polar surface area (TPSA) is 39.1 Å². The summed E-state index contributed by atoms with van der Waals surface area (Å²) in [5.74, 6) is 0. The van der Waals surface area contributed by atoms with Crippen molar-refractivity contribution in [1.82, 2.24) is 14.9 Å². The maximum absolute atomic E-state index is 5.24. The molecule has 0 spiro atoms. The van der Waals surface area contributed by atoms with E-state index in [4.69, 9.17) is 4.74 Å². The number of ether oxygens (including phenoxy) is 1. The summed E-state index contributed by atoms with van der Waals surface area (Å²) in [6.45, 7) is 8.04. The minimum atomic E-state index is 0.221. The Kier molecular flexibility index (Phi) is 4.78. The van der Waals surface area contributed by atoms with Crippen LogP contribution in [0.1, 0.15) is 26.5 Å². The van der Waals surface area contributed by atoms with Crippen LogP contribution in [0.3, 0.4) is 0 Å². The van der Waals surface area contributed by atoms with Crippen LogP contribution in [0.2, 0.25) is 0 Å². The van der Waals surface area contributed by atoms with Gasteiger partial charge < -0.3 is 14.6 Å². The number of hydrogen-bond donors (Lipinski definition) is 1. The molecule has 2 atom stereocenters. The van der Waals surface area contributed by atoms with Crippen LogP contribution in [0.4, 0.5) is 0 Å². The van der Waals surface area contributed by atoms with Crippen molar-refractivity contribution in [3.63, 3.8) is 0 Å². The van der Waals surface area contributed by atoms with Gasteiger partial charge in [-0.15, -0.1) is 0 Å². The first-order valence-electron chi connectivity index (χ1n) is 5.44. The van der Waals surface area contributed by atoms with Crippen LogP contribution in [-0.4, -0.2) is 28.8 Å². The van der Waals surface area contributed by atoms with Crippen LogP contribution in [0.5, 0.6) is 0 Å². The third kappa shape index (κ3) is 3.64. The number of aryl methyl sites for hydroxylation is 1. The SMILES string of the molecule is CCn1cnc(CN[C@@H](C)C(C)OC)c1. The molecule has 0 aromatic carbocycles. The Morgan fingerprint density at radius 3 is 2.80 bits per heavy atom. The smallest absolute Gasteiger partial charge is 0.0949 e. The highest BCUT2D eigenvalue weighted by molar-refractivity contribution is 4.96. The summed E-state index contributed by atoms with van der Waals surface area (Å²) in [6.07, 6.45) is 4.15. The Balaban J connectivity index is 2.36. The fourth-order valence-corrected chi connectivity index (χ4v) is 1.31. The van der Waals surface area contributed by atoms with Crippen molar-refractivity contribution < 1.29 is 4.74 Å². The third-order valence-corrected chi connectivity index (χ3v) is 2.73. The first-order chi connectivity index (χ1) is 7.17. The van der Waals surface area contributed by atoms with Gasteiger partial charge in [0.15, 0.2) is 0 Å². The van der Waals surface area contributed by atoms with Gasteiger partial charge >= 0.3 is 0 Å². The van der Waals surface area contributed by atoms with Gasteiger partial charge in [-0.05, 0) is 20.8 Å². The van der Waals surface area contributed by atoms with E-state index in [0.717, 1.165) is 18.8 Å². The average molecular weight is 211 g/mol. The third-order valence-electron chi connectivity index (χ3n) is 2.73. The maximum atomic E-state index is 5.24. The highest BCUT2D eigenvalue weighted by atomic mass is 16.5. The van der Waals surface area contributed by atoms with E-state index in [1.807, 2.05) is 6.33 Å². The number of aromatic nitrogens is 2. The van der Waals surface area contributed by atoms with Crippen molar-refractivity contribution in [2.75, 3.05) is 7.11 Å². The lowest BCUT2D eigenvalue weighted by molar-refractivity contribution is 0.0881. The van der Waals surface area contributed by atoms with Gasteiger partial charge in [0.2, 0.25) is 0 Å².